The molecule has 8 nitrogen and oxygen atoms in total. The number of anilines is 4. The number of aromatic amines is 1. The number of H-pyrrole nitrogens is 1. The quantitative estimate of drug-likeness (QED) is 0.373. The van der Waals surface area contributed by atoms with Gasteiger partial charge < -0.3 is 21.1 Å². The Morgan fingerprint density at radius 2 is 1.90 bits per heavy atom. The summed E-state index contributed by atoms with van der Waals surface area (Å²) in [5.74, 6) is 2.33. The summed E-state index contributed by atoms with van der Waals surface area (Å²) < 4.78 is 0. The lowest BCUT2D eigenvalue weighted by Crippen LogP contribution is -2.37. The van der Waals surface area contributed by atoms with Crippen molar-refractivity contribution in [2.75, 3.05) is 29.0 Å². The van der Waals surface area contributed by atoms with E-state index in [4.69, 9.17) is 15.7 Å². The molecule has 0 atom stereocenters. The van der Waals surface area contributed by atoms with Crippen LogP contribution >= 0.6 is 11.8 Å². The van der Waals surface area contributed by atoms with Crippen molar-refractivity contribution in [3.05, 3.63) is 41.6 Å². The maximum atomic E-state index is 9.87. The maximum Gasteiger partial charge on any atom is 0.196 e. The fraction of sp³-hybridized carbons (Fsp3) is 0.350. The van der Waals surface area contributed by atoms with Crippen molar-refractivity contribution in [1.82, 2.24) is 20.2 Å². The Hall–Kier alpha value is -2.78. The van der Waals surface area contributed by atoms with E-state index in [-0.39, 0.29) is 6.10 Å². The van der Waals surface area contributed by atoms with E-state index in [0.29, 0.717) is 11.0 Å². The summed E-state index contributed by atoms with van der Waals surface area (Å²) in [6, 6.07) is 9.60. The third kappa shape index (κ3) is 4.63. The Kier molecular flexibility index (Phi) is 5.59. The molecule has 1 aliphatic rings. The molecule has 0 bridgehead atoms. The predicted octanol–water partition coefficient (Wildman–Crippen LogP) is 3.25. The number of aromatic nitrogens is 4. The zero-order valence-electron chi connectivity index (χ0n) is 16.5. The normalized spacial score (nSPS) is 14.9. The molecular weight excluding hydrogens is 386 g/mol. The van der Waals surface area contributed by atoms with Crippen molar-refractivity contribution >= 4 is 34.9 Å². The highest BCUT2D eigenvalue weighted by atomic mass is 32.2. The Bertz CT molecular complexity index is 981. The summed E-state index contributed by atoms with van der Waals surface area (Å²) in [7, 11) is 0. The Morgan fingerprint density at radius 3 is 2.55 bits per heavy atom. The molecule has 1 fully saturated rings. The third-order valence-electron chi connectivity index (χ3n) is 4.91. The lowest BCUT2D eigenvalue weighted by Gasteiger charge is -2.32. The standard InChI is InChI=1S/C20H25N7OS/c1-12-11-17(26-25-12)22-18-13(2)19(27-9-7-15(28)8-10-27)24-20(23-18)29-16-5-3-14(21)4-6-16/h3-6,11,15,28H,7-10,21H2,1-2H3,(H2,22,23,24,25,26). The van der Waals surface area contributed by atoms with Crippen molar-refractivity contribution in [2.45, 2.75) is 42.8 Å². The SMILES string of the molecule is Cc1cc(Nc2nc(Sc3ccc(N)cc3)nc(N3CCC(O)CC3)c2C)n[nH]1. The molecule has 1 aromatic carbocycles. The predicted molar refractivity (Wildman–Crippen MR) is 116 cm³/mol. The Morgan fingerprint density at radius 1 is 1.17 bits per heavy atom. The van der Waals surface area contributed by atoms with Crippen LogP contribution in [0.3, 0.4) is 0 Å². The van der Waals surface area contributed by atoms with Crippen LogP contribution in [0.15, 0.2) is 40.4 Å². The number of aliphatic hydroxyl groups excluding tert-OH is 1. The van der Waals surface area contributed by atoms with Gasteiger partial charge in [-0.2, -0.15) is 5.10 Å². The molecule has 0 spiro atoms. The van der Waals surface area contributed by atoms with Gasteiger partial charge in [0.05, 0.1) is 6.10 Å². The van der Waals surface area contributed by atoms with Crippen LogP contribution < -0.4 is 16.0 Å². The van der Waals surface area contributed by atoms with Gasteiger partial charge in [-0.1, -0.05) is 0 Å². The number of nitrogen functional groups attached to an aromatic ring is 1. The van der Waals surface area contributed by atoms with Gasteiger partial charge >= 0.3 is 0 Å². The van der Waals surface area contributed by atoms with Crippen LogP contribution in [0.2, 0.25) is 0 Å². The molecule has 0 aliphatic carbocycles. The van der Waals surface area contributed by atoms with Gasteiger partial charge in [-0.15, -0.1) is 0 Å². The minimum atomic E-state index is -0.235. The molecule has 0 radical (unpaired) electrons. The van der Waals surface area contributed by atoms with Crippen molar-refractivity contribution in [3.8, 4) is 0 Å². The molecule has 0 amide bonds. The molecule has 0 saturated carbocycles. The zero-order chi connectivity index (χ0) is 20.4. The number of rotatable bonds is 5. The second-order valence-corrected chi connectivity index (χ2v) is 8.29. The summed E-state index contributed by atoms with van der Waals surface area (Å²) in [6.45, 7) is 5.51. The number of aliphatic hydroxyl groups is 1. The number of aryl methyl sites for hydroxylation is 1. The highest BCUT2D eigenvalue weighted by Gasteiger charge is 2.22. The first-order valence-electron chi connectivity index (χ1n) is 9.62. The van der Waals surface area contributed by atoms with Gasteiger partial charge in [0.25, 0.3) is 0 Å². The molecule has 5 N–H and O–H groups in total. The topological polar surface area (TPSA) is 116 Å². The van der Waals surface area contributed by atoms with E-state index in [0.717, 1.165) is 59.4 Å². The van der Waals surface area contributed by atoms with Gasteiger partial charge in [-0.05, 0) is 62.7 Å². The van der Waals surface area contributed by atoms with E-state index in [1.807, 2.05) is 44.2 Å². The number of nitrogens with two attached hydrogens (primary N) is 1. The number of nitrogens with zero attached hydrogens (tertiary/aromatic N) is 4. The first-order chi connectivity index (χ1) is 14.0. The average molecular weight is 412 g/mol. The number of hydrogen-bond donors (Lipinski definition) is 4. The van der Waals surface area contributed by atoms with Crippen LogP contribution in [-0.2, 0) is 0 Å². The number of benzene rings is 1. The first kappa shape index (κ1) is 19.5. The maximum absolute atomic E-state index is 9.87. The molecule has 3 aromatic rings. The molecule has 2 aromatic heterocycles. The van der Waals surface area contributed by atoms with Gasteiger partial charge in [0, 0.05) is 41.0 Å². The van der Waals surface area contributed by atoms with E-state index in [1.54, 1.807) is 0 Å². The summed E-state index contributed by atoms with van der Waals surface area (Å²) in [5, 5.41) is 21.0. The minimum absolute atomic E-state index is 0.235. The van der Waals surface area contributed by atoms with E-state index in [9.17, 15) is 5.11 Å². The van der Waals surface area contributed by atoms with Crippen LogP contribution in [0.5, 0.6) is 0 Å². The van der Waals surface area contributed by atoms with Gasteiger partial charge in [-0.3, -0.25) is 5.10 Å². The van der Waals surface area contributed by atoms with E-state index in [2.05, 4.69) is 20.4 Å². The number of nitrogens with one attached hydrogen (secondary N) is 2. The minimum Gasteiger partial charge on any atom is -0.399 e. The third-order valence-corrected chi connectivity index (χ3v) is 5.78. The van der Waals surface area contributed by atoms with Crippen LogP contribution in [0.1, 0.15) is 24.1 Å². The summed E-state index contributed by atoms with van der Waals surface area (Å²) in [6.07, 6.45) is 1.25. The second kappa shape index (κ2) is 8.30. The van der Waals surface area contributed by atoms with Crippen molar-refractivity contribution in [1.29, 1.82) is 0 Å². The second-order valence-electron chi connectivity index (χ2n) is 7.25. The number of piperidine rings is 1. The Balaban J connectivity index is 1.68. The largest absolute Gasteiger partial charge is 0.399 e. The van der Waals surface area contributed by atoms with Crippen LogP contribution in [0.25, 0.3) is 0 Å². The smallest absolute Gasteiger partial charge is 0.196 e. The fourth-order valence-corrected chi connectivity index (χ4v) is 4.03. The average Bonchev–Trinajstić information content (AvgIpc) is 3.11. The molecule has 1 aliphatic heterocycles. The molecule has 9 heteroatoms. The monoisotopic (exact) mass is 411 g/mol. The highest BCUT2D eigenvalue weighted by Crippen LogP contribution is 2.33. The Labute approximate surface area is 173 Å². The molecule has 4 rings (SSSR count). The molecule has 29 heavy (non-hydrogen) atoms. The van der Waals surface area contributed by atoms with Gasteiger partial charge in [0.1, 0.15) is 11.6 Å². The van der Waals surface area contributed by atoms with Crippen LogP contribution in [0, 0.1) is 13.8 Å². The van der Waals surface area contributed by atoms with Gasteiger partial charge in [0.2, 0.25) is 0 Å². The summed E-state index contributed by atoms with van der Waals surface area (Å²) in [4.78, 5) is 12.8. The van der Waals surface area contributed by atoms with Crippen molar-refractivity contribution in [3.63, 3.8) is 0 Å². The van der Waals surface area contributed by atoms with Crippen LogP contribution in [-0.4, -0.2) is 44.5 Å². The lowest BCUT2D eigenvalue weighted by molar-refractivity contribution is 0.145. The molecular formula is C20H25N7OS. The van der Waals surface area contributed by atoms with E-state index < -0.39 is 0 Å². The zero-order valence-corrected chi connectivity index (χ0v) is 17.3. The van der Waals surface area contributed by atoms with Gasteiger partial charge in [0.15, 0.2) is 11.0 Å². The molecule has 1 saturated heterocycles. The van der Waals surface area contributed by atoms with Gasteiger partial charge in [-0.25, -0.2) is 9.97 Å². The van der Waals surface area contributed by atoms with Crippen molar-refractivity contribution < 1.29 is 5.11 Å². The fourth-order valence-electron chi connectivity index (χ4n) is 3.28. The highest BCUT2D eigenvalue weighted by molar-refractivity contribution is 7.99. The first-order valence-corrected chi connectivity index (χ1v) is 10.4. The van der Waals surface area contributed by atoms with E-state index >= 15 is 0 Å². The molecule has 0 unspecified atom stereocenters. The molecule has 3 heterocycles. The summed E-state index contributed by atoms with van der Waals surface area (Å²) >= 11 is 1.49. The summed E-state index contributed by atoms with van der Waals surface area (Å²) in [5.41, 5.74) is 8.46. The molecule has 152 valence electrons. The number of hydrogen-bond acceptors (Lipinski definition) is 8. The van der Waals surface area contributed by atoms with Crippen molar-refractivity contribution in [2.24, 2.45) is 0 Å². The van der Waals surface area contributed by atoms with Crippen LogP contribution in [0.4, 0.5) is 23.1 Å². The lowest BCUT2D eigenvalue weighted by atomic mass is 10.1. The van der Waals surface area contributed by atoms with E-state index in [1.165, 1.54) is 11.8 Å².